The van der Waals surface area contributed by atoms with Gasteiger partial charge in [-0.2, -0.15) is 5.10 Å². The molecule has 0 unspecified atom stereocenters. The highest BCUT2D eigenvalue weighted by atomic mass is 16.5. The maximum Gasteiger partial charge on any atom is 0.341 e. The molecule has 2 aromatic rings. The molecule has 0 atom stereocenters. The van der Waals surface area contributed by atoms with E-state index in [-0.39, 0.29) is 5.97 Å². The minimum atomic E-state index is -0.350. The third-order valence-electron chi connectivity index (χ3n) is 2.34. The van der Waals surface area contributed by atoms with E-state index in [9.17, 15) is 4.79 Å². The van der Waals surface area contributed by atoms with Gasteiger partial charge in [0.1, 0.15) is 5.56 Å². The number of esters is 1. The number of rotatable bonds is 1. The molecule has 0 bridgehead atoms. The Labute approximate surface area is 87.5 Å². The first-order valence-electron chi connectivity index (χ1n) is 4.66. The van der Waals surface area contributed by atoms with Crippen LogP contribution in [-0.2, 0) is 4.74 Å². The van der Waals surface area contributed by atoms with Gasteiger partial charge in [-0.15, -0.1) is 0 Å². The summed E-state index contributed by atoms with van der Waals surface area (Å²) >= 11 is 0. The van der Waals surface area contributed by atoms with E-state index in [1.165, 1.54) is 13.3 Å². The van der Waals surface area contributed by atoms with E-state index in [1.807, 2.05) is 26.1 Å². The summed E-state index contributed by atoms with van der Waals surface area (Å²) in [6.07, 6.45) is 3.42. The highest BCUT2D eigenvalue weighted by Gasteiger charge is 2.14. The quantitative estimate of drug-likeness (QED) is 0.664. The Morgan fingerprint density at radius 3 is 2.87 bits per heavy atom. The van der Waals surface area contributed by atoms with Crippen molar-refractivity contribution < 1.29 is 9.53 Å². The van der Waals surface area contributed by atoms with Crippen molar-refractivity contribution in [2.24, 2.45) is 0 Å². The molecule has 0 saturated carbocycles. The highest BCUT2D eigenvalue weighted by Crippen LogP contribution is 2.17. The molecule has 0 radical (unpaired) electrons. The first-order valence-corrected chi connectivity index (χ1v) is 4.66. The lowest BCUT2D eigenvalue weighted by molar-refractivity contribution is 0.0603. The lowest BCUT2D eigenvalue weighted by Gasteiger charge is -2.02. The molecule has 0 saturated heterocycles. The van der Waals surface area contributed by atoms with Gasteiger partial charge in [-0.3, -0.25) is 0 Å². The molecular weight excluding hydrogens is 192 g/mol. The predicted octanol–water partition coefficient (Wildman–Crippen LogP) is 1.74. The number of pyridine rings is 1. The topological polar surface area (TPSA) is 43.6 Å². The van der Waals surface area contributed by atoms with Crippen molar-refractivity contribution in [3.05, 3.63) is 35.2 Å². The number of aromatic nitrogens is 2. The minimum absolute atomic E-state index is 0.350. The van der Waals surface area contributed by atoms with Gasteiger partial charge in [-0.05, 0) is 25.0 Å². The Bertz CT molecular complexity index is 529. The number of hydrogen-bond donors (Lipinski definition) is 0. The Kier molecular flexibility index (Phi) is 2.19. The van der Waals surface area contributed by atoms with E-state index in [2.05, 4.69) is 5.10 Å². The maximum atomic E-state index is 11.5. The molecule has 2 rings (SSSR count). The third-order valence-corrected chi connectivity index (χ3v) is 2.34. The number of carbonyl (C=O) groups excluding carboxylic acids is 1. The fourth-order valence-electron chi connectivity index (χ4n) is 1.75. The van der Waals surface area contributed by atoms with Crippen LogP contribution in [0.15, 0.2) is 18.5 Å². The fourth-order valence-corrected chi connectivity index (χ4v) is 1.75. The van der Waals surface area contributed by atoms with Crippen LogP contribution in [0.5, 0.6) is 0 Å². The van der Waals surface area contributed by atoms with Crippen LogP contribution in [0, 0.1) is 13.8 Å². The summed E-state index contributed by atoms with van der Waals surface area (Å²) in [5.74, 6) is -0.350. The summed E-state index contributed by atoms with van der Waals surface area (Å²) in [7, 11) is 1.37. The highest BCUT2D eigenvalue weighted by molar-refractivity contribution is 5.97. The van der Waals surface area contributed by atoms with Gasteiger partial charge in [0.2, 0.25) is 0 Å². The standard InChI is InChI=1S/C11H12N2O2/c1-7-4-8(2)10-9(11(14)15-3)5-12-13(10)6-7/h4-6H,1-3H3. The van der Waals surface area contributed by atoms with Crippen molar-refractivity contribution in [3.8, 4) is 0 Å². The molecule has 2 aromatic heterocycles. The summed E-state index contributed by atoms with van der Waals surface area (Å²) in [5, 5.41) is 4.13. The molecule has 0 aromatic carbocycles. The number of nitrogens with zero attached hydrogens (tertiary/aromatic N) is 2. The minimum Gasteiger partial charge on any atom is -0.465 e. The Morgan fingerprint density at radius 1 is 1.47 bits per heavy atom. The van der Waals surface area contributed by atoms with Crippen LogP contribution in [0.2, 0.25) is 0 Å². The third kappa shape index (κ3) is 1.48. The molecular formula is C11H12N2O2. The SMILES string of the molecule is COC(=O)c1cnn2cc(C)cc(C)c12. The second-order valence-corrected chi connectivity index (χ2v) is 3.54. The Hall–Kier alpha value is -1.84. The van der Waals surface area contributed by atoms with Gasteiger partial charge < -0.3 is 4.74 Å². The van der Waals surface area contributed by atoms with E-state index in [0.717, 1.165) is 16.6 Å². The Balaban J connectivity index is 2.74. The molecule has 0 N–H and O–H groups in total. The zero-order valence-corrected chi connectivity index (χ0v) is 8.94. The fraction of sp³-hybridized carbons (Fsp3) is 0.273. The van der Waals surface area contributed by atoms with Crippen LogP contribution in [0.1, 0.15) is 21.5 Å². The van der Waals surface area contributed by atoms with Gasteiger partial charge in [0.25, 0.3) is 0 Å². The number of aryl methyl sites for hydroxylation is 2. The Morgan fingerprint density at radius 2 is 2.20 bits per heavy atom. The molecule has 0 amide bonds. The largest absolute Gasteiger partial charge is 0.465 e. The van der Waals surface area contributed by atoms with Crippen molar-refractivity contribution in [2.45, 2.75) is 13.8 Å². The second-order valence-electron chi connectivity index (χ2n) is 3.54. The van der Waals surface area contributed by atoms with Crippen molar-refractivity contribution in [1.82, 2.24) is 9.61 Å². The first kappa shape index (κ1) is 9.71. The second kappa shape index (κ2) is 3.38. The first-order chi connectivity index (χ1) is 7.13. The average molecular weight is 204 g/mol. The summed E-state index contributed by atoms with van der Waals surface area (Å²) in [6, 6.07) is 2.02. The zero-order valence-electron chi connectivity index (χ0n) is 8.94. The summed E-state index contributed by atoms with van der Waals surface area (Å²) in [4.78, 5) is 11.5. The van der Waals surface area contributed by atoms with Gasteiger partial charge in [-0.25, -0.2) is 9.31 Å². The van der Waals surface area contributed by atoms with Gasteiger partial charge in [0.15, 0.2) is 0 Å². The van der Waals surface area contributed by atoms with Crippen LogP contribution >= 0.6 is 0 Å². The predicted molar refractivity (Wildman–Crippen MR) is 56.0 cm³/mol. The number of fused-ring (bicyclic) bond motifs is 1. The molecule has 0 aliphatic heterocycles. The summed E-state index contributed by atoms with van der Waals surface area (Å²) < 4.78 is 6.40. The molecule has 0 aliphatic rings. The molecule has 2 heterocycles. The van der Waals surface area contributed by atoms with Crippen LogP contribution in [0.3, 0.4) is 0 Å². The monoisotopic (exact) mass is 204 g/mol. The van der Waals surface area contributed by atoms with Gasteiger partial charge in [0, 0.05) is 6.20 Å². The van der Waals surface area contributed by atoms with Gasteiger partial charge >= 0.3 is 5.97 Å². The molecule has 15 heavy (non-hydrogen) atoms. The maximum absolute atomic E-state index is 11.5. The average Bonchev–Trinajstić information content (AvgIpc) is 2.60. The number of methoxy groups -OCH3 is 1. The lowest BCUT2D eigenvalue weighted by Crippen LogP contribution is -2.01. The normalized spacial score (nSPS) is 10.6. The number of hydrogen-bond acceptors (Lipinski definition) is 3. The number of ether oxygens (including phenoxy) is 1. The van der Waals surface area contributed by atoms with Crippen LogP contribution in [0.25, 0.3) is 5.52 Å². The van der Waals surface area contributed by atoms with Crippen LogP contribution in [0.4, 0.5) is 0 Å². The van der Waals surface area contributed by atoms with Crippen molar-refractivity contribution in [3.63, 3.8) is 0 Å². The molecule has 4 nitrogen and oxygen atoms in total. The van der Waals surface area contributed by atoms with E-state index in [0.29, 0.717) is 5.56 Å². The van der Waals surface area contributed by atoms with Gasteiger partial charge in [-0.1, -0.05) is 6.07 Å². The smallest absolute Gasteiger partial charge is 0.341 e. The number of carbonyl (C=O) groups is 1. The van der Waals surface area contributed by atoms with E-state index >= 15 is 0 Å². The molecule has 78 valence electrons. The molecule has 0 fully saturated rings. The van der Waals surface area contributed by atoms with Crippen molar-refractivity contribution in [1.29, 1.82) is 0 Å². The van der Waals surface area contributed by atoms with E-state index in [1.54, 1.807) is 4.52 Å². The summed E-state index contributed by atoms with van der Waals surface area (Å²) in [5.41, 5.74) is 3.45. The van der Waals surface area contributed by atoms with Crippen LogP contribution < -0.4 is 0 Å². The van der Waals surface area contributed by atoms with Crippen LogP contribution in [-0.4, -0.2) is 22.7 Å². The summed E-state index contributed by atoms with van der Waals surface area (Å²) in [6.45, 7) is 3.95. The lowest BCUT2D eigenvalue weighted by atomic mass is 10.1. The molecule has 4 heteroatoms. The van der Waals surface area contributed by atoms with Crippen molar-refractivity contribution in [2.75, 3.05) is 7.11 Å². The van der Waals surface area contributed by atoms with E-state index in [4.69, 9.17) is 4.74 Å². The zero-order chi connectivity index (χ0) is 11.0. The molecule has 0 spiro atoms. The van der Waals surface area contributed by atoms with Gasteiger partial charge in [0.05, 0.1) is 18.8 Å². The van der Waals surface area contributed by atoms with E-state index < -0.39 is 0 Å². The molecule has 0 aliphatic carbocycles. The van der Waals surface area contributed by atoms with Crippen molar-refractivity contribution >= 4 is 11.5 Å².